The van der Waals surface area contributed by atoms with Crippen LogP contribution in [0, 0.1) is 5.92 Å². The van der Waals surface area contributed by atoms with Crippen molar-refractivity contribution in [3.8, 4) is 0 Å². The molecule has 140 valence electrons. The van der Waals surface area contributed by atoms with Gasteiger partial charge in [-0.25, -0.2) is 4.98 Å². The minimum absolute atomic E-state index is 0.0309. The average Bonchev–Trinajstić information content (AvgIpc) is 3.07. The molecule has 0 aliphatic carbocycles. The van der Waals surface area contributed by atoms with Crippen molar-refractivity contribution in [3.63, 3.8) is 0 Å². The van der Waals surface area contributed by atoms with E-state index in [1.165, 1.54) is 0 Å². The third kappa shape index (κ3) is 4.11. The highest BCUT2D eigenvalue weighted by atomic mass is 32.2. The minimum Gasteiger partial charge on any atom is -0.385 e. The highest BCUT2D eigenvalue weighted by molar-refractivity contribution is 7.85. The normalized spacial score (nSPS) is 24.0. The molecule has 0 saturated heterocycles. The van der Waals surface area contributed by atoms with Crippen LogP contribution in [0.5, 0.6) is 0 Å². The van der Waals surface area contributed by atoms with Crippen LogP contribution in [-0.2, 0) is 20.3 Å². The molecule has 0 amide bonds. The fraction of sp³-hybridized carbons (Fsp3) is 0.474. The van der Waals surface area contributed by atoms with E-state index in [2.05, 4.69) is 21.9 Å². The van der Waals surface area contributed by atoms with E-state index in [1.54, 1.807) is 13.3 Å². The molecule has 3 unspecified atom stereocenters. The van der Waals surface area contributed by atoms with Gasteiger partial charge in [0.25, 0.3) is 0 Å². The fourth-order valence-electron chi connectivity index (χ4n) is 2.94. The fourth-order valence-corrected chi connectivity index (χ4v) is 4.09. The Labute approximate surface area is 156 Å². The van der Waals surface area contributed by atoms with Crippen LogP contribution < -0.4 is 0 Å². The maximum atomic E-state index is 12.8. The van der Waals surface area contributed by atoms with Gasteiger partial charge in [-0.15, -0.1) is 0 Å². The van der Waals surface area contributed by atoms with Crippen LogP contribution in [0.2, 0.25) is 0 Å². The molecule has 1 aliphatic rings. The van der Waals surface area contributed by atoms with Crippen molar-refractivity contribution < 1.29 is 13.7 Å². The van der Waals surface area contributed by atoms with E-state index >= 15 is 0 Å². The van der Waals surface area contributed by atoms with Crippen molar-refractivity contribution in [2.75, 3.05) is 26.1 Å². The molecule has 2 aromatic rings. The van der Waals surface area contributed by atoms with Crippen LogP contribution in [-0.4, -0.2) is 51.6 Å². The third-order valence-electron chi connectivity index (χ3n) is 4.77. The van der Waals surface area contributed by atoms with Crippen molar-refractivity contribution in [1.29, 1.82) is 0 Å². The number of benzene rings is 1. The molecule has 7 heteroatoms. The van der Waals surface area contributed by atoms with Crippen molar-refractivity contribution >= 4 is 27.5 Å². The van der Waals surface area contributed by atoms with Crippen LogP contribution in [0.4, 0.5) is 0 Å². The first kappa shape index (κ1) is 18.9. The first-order valence-corrected chi connectivity index (χ1v) is 10.1. The Balaban J connectivity index is 1.67. The van der Waals surface area contributed by atoms with Gasteiger partial charge >= 0.3 is 0 Å². The number of aromatic nitrogens is 2. The number of aromatic amines is 1. The number of rotatable bonds is 8. The first-order chi connectivity index (χ1) is 12.5. The highest BCUT2D eigenvalue weighted by Gasteiger charge is 2.35. The average molecular weight is 375 g/mol. The van der Waals surface area contributed by atoms with E-state index < -0.39 is 16.4 Å². The Kier molecular flexibility index (Phi) is 6.01. The van der Waals surface area contributed by atoms with E-state index in [9.17, 15) is 4.21 Å². The second-order valence-corrected chi connectivity index (χ2v) is 7.95. The molecule has 0 fully saturated rings. The predicted octanol–water partition coefficient (Wildman–Crippen LogP) is 3.09. The number of ether oxygens (including phenoxy) is 2. The number of para-hydroxylation sites is 2. The lowest BCUT2D eigenvalue weighted by atomic mass is 9.85. The molecular formula is C19H25N3O3S. The molecule has 0 bridgehead atoms. The number of aliphatic imine (C=N–C) groups is 1. The molecule has 1 aromatic heterocycles. The van der Waals surface area contributed by atoms with Gasteiger partial charge in [0.05, 0.1) is 33.2 Å². The Hall–Kier alpha value is -1.83. The predicted molar refractivity (Wildman–Crippen MR) is 104 cm³/mol. The van der Waals surface area contributed by atoms with Gasteiger partial charge in [0.1, 0.15) is 0 Å². The number of nitrogens with one attached hydrogen (secondary N) is 1. The maximum absolute atomic E-state index is 12.8. The second-order valence-electron chi connectivity index (χ2n) is 6.59. The van der Waals surface area contributed by atoms with Crippen LogP contribution in [0.25, 0.3) is 11.0 Å². The molecule has 1 N–H and O–H groups in total. The largest absolute Gasteiger partial charge is 0.385 e. The monoisotopic (exact) mass is 375 g/mol. The quantitative estimate of drug-likeness (QED) is 0.720. The molecule has 0 radical (unpaired) electrons. The molecule has 3 atom stereocenters. The van der Waals surface area contributed by atoms with Gasteiger partial charge in [-0.2, -0.15) is 0 Å². The zero-order valence-electron chi connectivity index (χ0n) is 15.4. The topological polar surface area (TPSA) is 76.6 Å². The molecular weight excluding hydrogens is 350 g/mol. The van der Waals surface area contributed by atoms with Gasteiger partial charge in [0.15, 0.2) is 5.16 Å². The summed E-state index contributed by atoms with van der Waals surface area (Å²) >= 11 is 0. The van der Waals surface area contributed by atoms with E-state index in [0.717, 1.165) is 23.2 Å². The summed E-state index contributed by atoms with van der Waals surface area (Å²) in [7, 11) is 0.400. The second kappa shape index (κ2) is 8.24. The number of hydrogen-bond donors (Lipinski definition) is 1. The molecule has 0 saturated carbocycles. The lowest BCUT2D eigenvalue weighted by Crippen LogP contribution is -2.42. The van der Waals surface area contributed by atoms with Gasteiger partial charge in [-0.1, -0.05) is 19.1 Å². The minimum atomic E-state index is -1.28. The summed E-state index contributed by atoms with van der Waals surface area (Å²) in [6, 6.07) is 7.68. The van der Waals surface area contributed by atoms with Gasteiger partial charge in [0, 0.05) is 38.2 Å². The number of hydrogen-bond acceptors (Lipinski definition) is 5. The molecule has 0 spiro atoms. The molecule has 2 heterocycles. The highest BCUT2D eigenvalue weighted by Crippen LogP contribution is 2.29. The summed E-state index contributed by atoms with van der Waals surface area (Å²) in [6.07, 6.45) is 4.56. The number of fused-ring (bicyclic) bond motifs is 1. The lowest BCUT2D eigenvalue weighted by molar-refractivity contribution is -0.0228. The summed E-state index contributed by atoms with van der Waals surface area (Å²) in [6.45, 7) is 5.39. The van der Waals surface area contributed by atoms with E-state index in [1.807, 2.05) is 37.3 Å². The Morgan fingerprint density at radius 2 is 2.12 bits per heavy atom. The van der Waals surface area contributed by atoms with Crippen LogP contribution in [0.1, 0.15) is 20.3 Å². The van der Waals surface area contributed by atoms with Gasteiger partial charge in [-0.05, 0) is 31.6 Å². The van der Waals surface area contributed by atoms with Crippen LogP contribution in [0.3, 0.4) is 0 Å². The van der Waals surface area contributed by atoms with Crippen molar-refractivity contribution in [2.24, 2.45) is 10.9 Å². The van der Waals surface area contributed by atoms with E-state index in [0.29, 0.717) is 24.1 Å². The Bertz CT molecular complexity index is 812. The maximum Gasteiger partial charge on any atom is 0.197 e. The van der Waals surface area contributed by atoms with Crippen LogP contribution >= 0.6 is 0 Å². The van der Waals surface area contributed by atoms with Gasteiger partial charge < -0.3 is 14.5 Å². The first-order valence-electron chi connectivity index (χ1n) is 8.74. The van der Waals surface area contributed by atoms with Crippen molar-refractivity contribution in [2.45, 2.75) is 31.0 Å². The number of nitrogens with zero attached hydrogens (tertiary/aromatic N) is 2. The zero-order chi connectivity index (χ0) is 18.6. The van der Waals surface area contributed by atoms with Crippen molar-refractivity contribution in [1.82, 2.24) is 9.97 Å². The van der Waals surface area contributed by atoms with Gasteiger partial charge in [-0.3, -0.25) is 9.20 Å². The number of H-pyrrole nitrogens is 1. The zero-order valence-corrected chi connectivity index (χ0v) is 16.2. The summed E-state index contributed by atoms with van der Waals surface area (Å²) < 4.78 is 23.9. The summed E-state index contributed by atoms with van der Waals surface area (Å²) in [5.74, 6) is 0.367. The van der Waals surface area contributed by atoms with E-state index in [4.69, 9.17) is 9.47 Å². The number of methoxy groups -OCH3 is 1. The summed E-state index contributed by atoms with van der Waals surface area (Å²) in [5, 5.41) is 0.485. The van der Waals surface area contributed by atoms with Gasteiger partial charge in [0.2, 0.25) is 0 Å². The SMILES string of the molecule is COCCCOC1(C)C=CN=C(CS(=O)c2nc3ccccc3[nH]2)C1C. The Morgan fingerprint density at radius 1 is 1.31 bits per heavy atom. The van der Waals surface area contributed by atoms with Crippen LogP contribution in [0.15, 0.2) is 46.7 Å². The smallest absolute Gasteiger partial charge is 0.197 e. The third-order valence-corrected chi connectivity index (χ3v) is 5.96. The van der Waals surface area contributed by atoms with Crippen molar-refractivity contribution in [3.05, 3.63) is 36.5 Å². The Morgan fingerprint density at radius 3 is 2.88 bits per heavy atom. The molecule has 1 aliphatic heterocycles. The molecule has 6 nitrogen and oxygen atoms in total. The van der Waals surface area contributed by atoms with E-state index in [-0.39, 0.29) is 5.92 Å². The molecule has 26 heavy (non-hydrogen) atoms. The molecule has 3 rings (SSSR count). The molecule has 1 aromatic carbocycles. The lowest BCUT2D eigenvalue weighted by Gasteiger charge is -2.35. The summed E-state index contributed by atoms with van der Waals surface area (Å²) in [5.41, 5.74) is 2.12. The summed E-state index contributed by atoms with van der Waals surface area (Å²) in [4.78, 5) is 12.0. The standard InChI is InChI=1S/C19H25N3O3S/c1-14-17(20-10-9-19(14,2)25-12-6-11-24-3)13-26(23)18-21-15-7-4-5-8-16(15)22-18/h4-5,7-10,14H,6,11-13H2,1-3H3,(H,21,22). The number of imidazole rings is 1.